The highest BCUT2D eigenvalue weighted by Gasteiger charge is 2.67. The van der Waals surface area contributed by atoms with Crippen molar-refractivity contribution in [2.24, 2.45) is 34.0 Å². The summed E-state index contributed by atoms with van der Waals surface area (Å²) in [6.07, 6.45) is 10.2. The van der Waals surface area contributed by atoms with Gasteiger partial charge in [-0.1, -0.05) is 27.7 Å². The monoisotopic (exact) mass is 346 g/mol. The van der Waals surface area contributed by atoms with Crippen LogP contribution in [-0.4, -0.2) is 30.2 Å². The van der Waals surface area contributed by atoms with Crippen molar-refractivity contribution in [3.8, 4) is 12.3 Å². The molecule has 3 unspecified atom stereocenters. The predicted molar refractivity (Wildman–Crippen MR) is 98.8 cm³/mol. The Labute approximate surface area is 152 Å². The average Bonchev–Trinajstić information content (AvgIpc) is 2.97. The summed E-state index contributed by atoms with van der Waals surface area (Å²) in [6.45, 7) is 8.61. The van der Waals surface area contributed by atoms with Crippen molar-refractivity contribution in [2.75, 3.05) is 7.11 Å². The number of carbonyl (C=O) groups excluding carboxylic acids is 1. The maximum atomic E-state index is 13.5. The average molecular weight is 347 g/mol. The normalized spacial score (nSPS) is 52.8. The van der Waals surface area contributed by atoms with Crippen molar-refractivity contribution < 1.29 is 14.6 Å². The molecule has 2 bridgehead atoms. The Morgan fingerprint density at radius 3 is 2.52 bits per heavy atom. The molecule has 0 heterocycles. The van der Waals surface area contributed by atoms with Gasteiger partial charge in [0.25, 0.3) is 0 Å². The highest BCUT2D eigenvalue weighted by atomic mass is 16.5. The molecule has 1 N–H and O–H groups in total. The minimum atomic E-state index is -0.630. The predicted octanol–water partition coefficient (Wildman–Crippen LogP) is 3.83. The van der Waals surface area contributed by atoms with E-state index in [-0.39, 0.29) is 34.6 Å². The Hall–Kier alpha value is -0.850. The van der Waals surface area contributed by atoms with Crippen LogP contribution in [0.2, 0.25) is 0 Å². The number of ketones is 1. The molecule has 3 fully saturated rings. The lowest BCUT2D eigenvalue weighted by molar-refractivity contribution is -0.191. The largest absolute Gasteiger partial charge is 0.393 e. The summed E-state index contributed by atoms with van der Waals surface area (Å²) in [5, 5.41) is 11.4. The lowest BCUT2D eigenvalue weighted by Gasteiger charge is -2.61. The van der Waals surface area contributed by atoms with E-state index in [0.717, 1.165) is 25.7 Å². The summed E-state index contributed by atoms with van der Waals surface area (Å²) in [4.78, 5) is 13.5. The Bertz CT molecular complexity index is 593. The van der Waals surface area contributed by atoms with Crippen LogP contribution >= 0.6 is 0 Å². The molecule has 3 nitrogen and oxygen atoms in total. The minimum absolute atomic E-state index is 0.0321. The van der Waals surface area contributed by atoms with Gasteiger partial charge in [0, 0.05) is 30.3 Å². The Balaban J connectivity index is 2.18. The molecular formula is C22H34O3. The first-order valence-corrected chi connectivity index (χ1v) is 9.86. The van der Waals surface area contributed by atoms with Crippen molar-refractivity contribution in [1.29, 1.82) is 0 Å². The van der Waals surface area contributed by atoms with E-state index >= 15 is 0 Å². The molecular weight excluding hydrogens is 312 g/mol. The van der Waals surface area contributed by atoms with E-state index in [1.165, 1.54) is 0 Å². The Kier molecular flexibility index (Phi) is 4.62. The molecule has 8 atom stereocenters. The van der Waals surface area contributed by atoms with Gasteiger partial charge in [0.1, 0.15) is 5.78 Å². The highest BCUT2D eigenvalue weighted by Crippen LogP contribution is 2.68. The van der Waals surface area contributed by atoms with Crippen LogP contribution in [0.15, 0.2) is 0 Å². The van der Waals surface area contributed by atoms with Crippen molar-refractivity contribution >= 4 is 5.78 Å². The molecule has 25 heavy (non-hydrogen) atoms. The summed E-state index contributed by atoms with van der Waals surface area (Å²) in [7, 11) is 1.79. The minimum Gasteiger partial charge on any atom is -0.393 e. The van der Waals surface area contributed by atoms with Gasteiger partial charge >= 0.3 is 0 Å². The lowest BCUT2D eigenvalue weighted by Crippen LogP contribution is -2.62. The quantitative estimate of drug-likeness (QED) is 0.773. The van der Waals surface area contributed by atoms with E-state index < -0.39 is 11.5 Å². The first-order chi connectivity index (χ1) is 11.7. The lowest BCUT2D eigenvalue weighted by atomic mass is 9.44. The topological polar surface area (TPSA) is 46.5 Å². The summed E-state index contributed by atoms with van der Waals surface area (Å²) < 4.78 is 5.90. The number of aliphatic hydroxyl groups excluding tert-OH is 1. The summed E-state index contributed by atoms with van der Waals surface area (Å²) in [6, 6.07) is 0. The van der Waals surface area contributed by atoms with Crippen LogP contribution in [0.4, 0.5) is 0 Å². The molecule has 3 rings (SSSR count). The molecule has 140 valence electrons. The molecule has 0 amide bonds. The van der Waals surface area contributed by atoms with E-state index in [9.17, 15) is 9.90 Å². The molecule has 3 aliphatic rings. The zero-order valence-corrected chi connectivity index (χ0v) is 16.5. The van der Waals surface area contributed by atoms with E-state index in [4.69, 9.17) is 11.2 Å². The second-order valence-electron chi connectivity index (χ2n) is 9.58. The van der Waals surface area contributed by atoms with Gasteiger partial charge in [0.05, 0.1) is 12.2 Å². The fraction of sp³-hybridized carbons (Fsp3) is 0.864. The van der Waals surface area contributed by atoms with E-state index in [2.05, 4.69) is 26.7 Å². The van der Waals surface area contributed by atoms with Gasteiger partial charge in [-0.3, -0.25) is 4.79 Å². The zero-order chi connectivity index (χ0) is 18.6. The van der Waals surface area contributed by atoms with E-state index in [1.807, 2.05) is 6.92 Å². The van der Waals surface area contributed by atoms with Crippen LogP contribution in [0, 0.1) is 46.3 Å². The molecule has 0 aromatic rings. The number of hydrogen-bond acceptors (Lipinski definition) is 3. The van der Waals surface area contributed by atoms with Crippen molar-refractivity contribution in [1.82, 2.24) is 0 Å². The third-order valence-corrected chi connectivity index (χ3v) is 8.67. The van der Waals surface area contributed by atoms with Gasteiger partial charge in [0.15, 0.2) is 0 Å². The number of aliphatic hydroxyl groups is 1. The first-order valence-electron chi connectivity index (χ1n) is 9.86. The maximum Gasteiger partial charge on any atom is 0.143 e. The standard InChI is InChI=1S/C22H34O3/c1-7-10-20(4)13-17(23)21(5)14(2)8-11-22(15(3)19(20)24)12-9-16(25-6)18(21)22/h1,14-18,23H,8-13H2,2-6H3/t14-,15+,16?,17-,18?,20-,21+,22?/m1/s1. The summed E-state index contributed by atoms with van der Waals surface area (Å²) in [5.74, 6) is 3.57. The number of carbonyl (C=O) groups is 1. The Morgan fingerprint density at radius 2 is 1.92 bits per heavy atom. The van der Waals surface area contributed by atoms with Crippen LogP contribution in [-0.2, 0) is 9.53 Å². The molecule has 0 aromatic heterocycles. The van der Waals surface area contributed by atoms with Crippen LogP contribution < -0.4 is 0 Å². The maximum absolute atomic E-state index is 13.5. The van der Waals surface area contributed by atoms with E-state index in [1.54, 1.807) is 7.11 Å². The van der Waals surface area contributed by atoms with Crippen molar-refractivity contribution in [3.63, 3.8) is 0 Å². The fourth-order valence-corrected chi connectivity index (χ4v) is 6.91. The second-order valence-corrected chi connectivity index (χ2v) is 9.58. The van der Waals surface area contributed by atoms with Gasteiger partial charge in [-0.15, -0.1) is 12.3 Å². The third kappa shape index (κ3) is 2.37. The number of methoxy groups -OCH3 is 1. The zero-order valence-electron chi connectivity index (χ0n) is 16.5. The van der Waals surface area contributed by atoms with Gasteiger partial charge in [-0.05, 0) is 49.4 Å². The SMILES string of the molecule is C#CC[C@]1(C)C[C@@H](O)[C@@]2(C)C3C(OC)CCC3(CC[C@H]2C)[C@@H](C)C1=O. The molecule has 3 heteroatoms. The third-order valence-electron chi connectivity index (χ3n) is 8.67. The molecule has 3 saturated carbocycles. The van der Waals surface area contributed by atoms with Gasteiger partial charge in [-0.25, -0.2) is 0 Å². The number of terminal acetylenes is 1. The number of Topliss-reactive ketones (excluding diaryl/α,β-unsaturated/α-hetero) is 1. The number of hydrogen-bond donors (Lipinski definition) is 1. The molecule has 0 radical (unpaired) electrons. The van der Waals surface area contributed by atoms with Crippen LogP contribution in [0.1, 0.15) is 66.2 Å². The van der Waals surface area contributed by atoms with Crippen molar-refractivity contribution in [2.45, 2.75) is 78.4 Å². The summed E-state index contributed by atoms with van der Waals surface area (Å²) in [5.41, 5.74) is -0.925. The van der Waals surface area contributed by atoms with Gasteiger partial charge in [0.2, 0.25) is 0 Å². The fourth-order valence-electron chi connectivity index (χ4n) is 6.91. The van der Waals surface area contributed by atoms with Crippen LogP contribution in [0.25, 0.3) is 0 Å². The number of rotatable bonds is 2. The molecule has 3 aliphatic carbocycles. The van der Waals surface area contributed by atoms with Crippen LogP contribution in [0.3, 0.4) is 0 Å². The first kappa shape index (κ1) is 18.9. The molecule has 0 aliphatic heterocycles. The smallest absolute Gasteiger partial charge is 0.143 e. The molecule has 0 saturated heterocycles. The second kappa shape index (κ2) is 6.10. The highest BCUT2D eigenvalue weighted by molar-refractivity contribution is 5.88. The molecule has 0 aromatic carbocycles. The van der Waals surface area contributed by atoms with E-state index in [0.29, 0.717) is 18.8 Å². The summed E-state index contributed by atoms with van der Waals surface area (Å²) >= 11 is 0. The van der Waals surface area contributed by atoms with Gasteiger partial charge < -0.3 is 9.84 Å². The molecule has 0 spiro atoms. The Morgan fingerprint density at radius 1 is 1.28 bits per heavy atom. The van der Waals surface area contributed by atoms with Gasteiger partial charge in [-0.2, -0.15) is 0 Å². The van der Waals surface area contributed by atoms with Crippen molar-refractivity contribution in [3.05, 3.63) is 0 Å². The number of ether oxygens (including phenoxy) is 1. The van der Waals surface area contributed by atoms with Crippen LogP contribution in [0.5, 0.6) is 0 Å².